The third-order valence-corrected chi connectivity index (χ3v) is 2.85. The molecule has 3 rings (SSSR count). The van der Waals surface area contributed by atoms with Gasteiger partial charge in [0.05, 0.1) is 11.9 Å². The zero-order valence-corrected chi connectivity index (χ0v) is 10.9. The number of nitrogens with zero attached hydrogens (tertiary/aromatic N) is 6. The van der Waals surface area contributed by atoms with Gasteiger partial charge < -0.3 is 0 Å². The molecule has 21 heavy (non-hydrogen) atoms. The van der Waals surface area contributed by atoms with Gasteiger partial charge in [-0.25, -0.2) is 9.36 Å². The molecule has 2 aromatic heterocycles. The number of aromatic nitrogens is 6. The summed E-state index contributed by atoms with van der Waals surface area (Å²) in [6.45, 7) is 0.143. The summed E-state index contributed by atoms with van der Waals surface area (Å²) in [5, 5.41) is 15.4. The zero-order valence-electron chi connectivity index (χ0n) is 10.9. The van der Waals surface area contributed by atoms with Crippen LogP contribution in [-0.4, -0.2) is 35.8 Å². The molecular weight excluding hydrogens is 274 g/mol. The second-order valence-electron chi connectivity index (χ2n) is 4.29. The number of aryl methyl sites for hydroxylation is 1. The number of nitrogens with one attached hydrogen (secondary N) is 1. The van der Waals surface area contributed by atoms with Crippen molar-refractivity contribution >= 4 is 16.8 Å². The Balaban J connectivity index is 1.72. The predicted octanol–water partition coefficient (Wildman–Crippen LogP) is -0.457. The molecule has 1 N–H and O–H groups in total. The van der Waals surface area contributed by atoms with E-state index in [0.29, 0.717) is 10.9 Å². The van der Waals surface area contributed by atoms with Gasteiger partial charge in [-0.3, -0.25) is 15.0 Å². The normalized spacial score (nSPS) is 10.7. The molecule has 1 aromatic carbocycles. The van der Waals surface area contributed by atoms with E-state index in [4.69, 9.17) is 0 Å². The molecule has 3 aromatic rings. The number of carbonyl (C=O) groups excluding carboxylic acids is 1. The Kier molecular flexibility index (Phi) is 3.37. The van der Waals surface area contributed by atoms with Crippen LogP contribution < -0.4 is 11.0 Å². The molecule has 0 unspecified atom stereocenters. The third-order valence-electron chi connectivity index (χ3n) is 2.85. The lowest BCUT2D eigenvalue weighted by Gasteiger charge is -2.06. The van der Waals surface area contributed by atoms with E-state index in [2.05, 4.69) is 25.9 Å². The Morgan fingerprint density at radius 2 is 1.95 bits per heavy atom. The molecule has 9 heteroatoms. The van der Waals surface area contributed by atoms with Gasteiger partial charge in [-0.1, -0.05) is 17.3 Å². The molecule has 0 saturated carbocycles. The first-order valence-electron chi connectivity index (χ1n) is 6.21. The van der Waals surface area contributed by atoms with E-state index in [1.165, 1.54) is 22.0 Å². The average molecular weight is 285 g/mol. The van der Waals surface area contributed by atoms with E-state index in [9.17, 15) is 9.59 Å². The van der Waals surface area contributed by atoms with Crippen molar-refractivity contribution in [1.29, 1.82) is 0 Å². The number of hydrogen-bond donors (Lipinski definition) is 1. The number of carbonyl (C=O) groups is 1. The fourth-order valence-electron chi connectivity index (χ4n) is 1.84. The molecule has 0 spiro atoms. The average Bonchev–Trinajstić information content (AvgIpc) is 3.00. The quantitative estimate of drug-likeness (QED) is 0.695. The van der Waals surface area contributed by atoms with Crippen LogP contribution in [0.15, 0.2) is 41.7 Å². The minimum Gasteiger partial charge on any atom is -0.273 e. The van der Waals surface area contributed by atoms with Crippen LogP contribution in [0.3, 0.4) is 0 Å². The third kappa shape index (κ3) is 2.76. The topological polar surface area (TPSA) is 108 Å². The summed E-state index contributed by atoms with van der Waals surface area (Å²) in [5.41, 5.74) is 2.81. The van der Waals surface area contributed by atoms with E-state index in [-0.39, 0.29) is 24.4 Å². The lowest BCUT2D eigenvalue weighted by Crippen LogP contribution is -2.28. The van der Waals surface area contributed by atoms with E-state index in [1.54, 1.807) is 24.3 Å². The molecule has 106 valence electrons. The second kappa shape index (κ2) is 5.49. The van der Waals surface area contributed by atoms with Crippen molar-refractivity contribution in [3.05, 3.63) is 47.3 Å². The number of hydrogen-bond acceptors (Lipinski definition) is 6. The van der Waals surface area contributed by atoms with Gasteiger partial charge in [0.15, 0.2) is 0 Å². The summed E-state index contributed by atoms with van der Waals surface area (Å²) < 4.78 is 2.51. The SMILES string of the molecule is O=C(CCn1nnc2ccccc2c1=O)Nn1cnnc1. The standard InChI is InChI=1S/C12H11N7O2/c20-11(16-18-7-13-14-8-18)5-6-19-12(21)9-3-1-2-4-10(9)15-17-19/h1-4,7-8H,5-6H2,(H,16,20). The van der Waals surface area contributed by atoms with Gasteiger partial charge in [0, 0.05) is 6.42 Å². The lowest BCUT2D eigenvalue weighted by molar-refractivity contribution is -0.117. The van der Waals surface area contributed by atoms with Gasteiger partial charge in [0.2, 0.25) is 5.91 Å². The van der Waals surface area contributed by atoms with Crippen molar-refractivity contribution in [3.63, 3.8) is 0 Å². The maximum absolute atomic E-state index is 12.2. The highest BCUT2D eigenvalue weighted by atomic mass is 16.2. The van der Waals surface area contributed by atoms with Crippen molar-refractivity contribution in [2.75, 3.05) is 5.43 Å². The molecule has 9 nitrogen and oxygen atoms in total. The fourth-order valence-corrected chi connectivity index (χ4v) is 1.84. The molecule has 0 bridgehead atoms. The number of rotatable bonds is 4. The molecule has 0 fully saturated rings. The summed E-state index contributed by atoms with van der Waals surface area (Å²) >= 11 is 0. The minimum atomic E-state index is -0.281. The second-order valence-corrected chi connectivity index (χ2v) is 4.29. The van der Waals surface area contributed by atoms with Gasteiger partial charge in [-0.15, -0.1) is 15.3 Å². The van der Waals surface area contributed by atoms with E-state index in [0.717, 1.165) is 0 Å². The monoisotopic (exact) mass is 285 g/mol. The maximum atomic E-state index is 12.2. The smallest absolute Gasteiger partial charge is 0.273 e. The highest BCUT2D eigenvalue weighted by molar-refractivity contribution is 5.83. The summed E-state index contributed by atoms with van der Waals surface area (Å²) in [7, 11) is 0. The van der Waals surface area contributed by atoms with E-state index >= 15 is 0 Å². The zero-order chi connectivity index (χ0) is 14.7. The van der Waals surface area contributed by atoms with Crippen LogP contribution in [0, 0.1) is 0 Å². The first-order chi connectivity index (χ1) is 10.2. The number of amides is 1. The Labute approximate surface area is 118 Å². The molecule has 0 atom stereocenters. The molecule has 0 radical (unpaired) electrons. The lowest BCUT2D eigenvalue weighted by atomic mass is 10.2. The van der Waals surface area contributed by atoms with Crippen LogP contribution in [0.25, 0.3) is 10.9 Å². The molecular formula is C12H11N7O2. The van der Waals surface area contributed by atoms with Gasteiger partial charge in [0.1, 0.15) is 18.2 Å². The Morgan fingerprint density at radius 3 is 2.76 bits per heavy atom. The molecule has 0 aliphatic carbocycles. The van der Waals surface area contributed by atoms with Crippen LogP contribution in [0.4, 0.5) is 0 Å². The molecule has 2 heterocycles. The summed E-state index contributed by atoms with van der Waals surface area (Å²) in [6, 6.07) is 6.94. The molecule has 0 aliphatic heterocycles. The highest BCUT2D eigenvalue weighted by Gasteiger charge is 2.07. The summed E-state index contributed by atoms with van der Waals surface area (Å²) in [4.78, 5) is 23.9. The maximum Gasteiger partial charge on any atom is 0.277 e. The highest BCUT2D eigenvalue weighted by Crippen LogP contribution is 2.03. The van der Waals surface area contributed by atoms with Crippen molar-refractivity contribution in [3.8, 4) is 0 Å². The minimum absolute atomic E-state index is 0.0884. The largest absolute Gasteiger partial charge is 0.277 e. The van der Waals surface area contributed by atoms with Crippen LogP contribution >= 0.6 is 0 Å². The Hall–Kier alpha value is -3.10. The van der Waals surface area contributed by atoms with Crippen LogP contribution in [0.5, 0.6) is 0 Å². The predicted molar refractivity (Wildman–Crippen MR) is 72.8 cm³/mol. The van der Waals surface area contributed by atoms with Crippen molar-refractivity contribution < 1.29 is 4.79 Å². The Morgan fingerprint density at radius 1 is 1.19 bits per heavy atom. The number of fused-ring (bicyclic) bond motifs is 1. The number of benzene rings is 1. The summed E-state index contributed by atoms with van der Waals surface area (Å²) in [6.07, 6.45) is 2.81. The van der Waals surface area contributed by atoms with Crippen LogP contribution in [0.1, 0.15) is 6.42 Å². The Bertz CT molecular complexity index is 825. The first kappa shape index (κ1) is 12.9. The van der Waals surface area contributed by atoms with Gasteiger partial charge in [0.25, 0.3) is 5.56 Å². The van der Waals surface area contributed by atoms with Gasteiger partial charge >= 0.3 is 0 Å². The fraction of sp³-hybridized carbons (Fsp3) is 0.167. The van der Waals surface area contributed by atoms with Crippen molar-refractivity contribution in [2.24, 2.45) is 0 Å². The van der Waals surface area contributed by atoms with E-state index in [1.807, 2.05) is 0 Å². The van der Waals surface area contributed by atoms with Crippen LogP contribution in [0.2, 0.25) is 0 Å². The van der Waals surface area contributed by atoms with Gasteiger partial charge in [-0.2, -0.15) is 0 Å². The molecule has 0 aliphatic rings. The first-order valence-corrected chi connectivity index (χ1v) is 6.21. The summed E-state index contributed by atoms with van der Waals surface area (Å²) in [5.74, 6) is -0.281. The van der Waals surface area contributed by atoms with Crippen molar-refractivity contribution in [2.45, 2.75) is 13.0 Å². The van der Waals surface area contributed by atoms with Crippen LogP contribution in [-0.2, 0) is 11.3 Å². The molecule has 1 amide bonds. The molecule has 0 saturated heterocycles. The van der Waals surface area contributed by atoms with Gasteiger partial charge in [-0.05, 0) is 12.1 Å². The van der Waals surface area contributed by atoms with Crippen molar-refractivity contribution in [1.82, 2.24) is 29.9 Å². The van der Waals surface area contributed by atoms with E-state index < -0.39 is 0 Å².